The van der Waals surface area contributed by atoms with Crippen molar-refractivity contribution in [2.75, 3.05) is 11.5 Å². The van der Waals surface area contributed by atoms with Gasteiger partial charge in [0.2, 0.25) is 0 Å². The summed E-state index contributed by atoms with van der Waals surface area (Å²) >= 11 is 15.5. The second-order valence-corrected chi connectivity index (χ2v) is 9.90. The van der Waals surface area contributed by atoms with Crippen LogP contribution < -0.4 is 5.73 Å². The van der Waals surface area contributed by atoms with Crippen molar-refractivity contribution >= 4 is 52.6 Å². The summed E-state index contributed by atoms with van der Waals surface area (Å²) in [6.45, 7) is 4.02. The van der Waals surface area contributed by atoms with Crippen LogP contribution in [0.1, 0.15) is 25.3 Å². The Morgan fingerprint density at radius 3 is 2.32 bits per heavy atom. The molecule has 1 aliphatic carbocycles. The Morgan fingerprint density at radius 2 is 1.84 bits per heavy atom. The summed E-state index contributed by atoms with van der Waals surface area (Å²) in [7, 11) is 0. The fourth-order valence-electron chi connectivity index (χ4n) is 3.95. The quantitative estimate of drug-likeness (QED) is 0.714. The van der Waals surface area contributed by atoms with Crippen LogP contribution in [0.4, 0.5) is 0 Å². The first kappa shape index (κ1) is 18.7. The molecule has 0 bridgehead atoms. The highest BCUT2D eigenvalue weighted by Gasteiger charge is 2.92. The molecule has 1 fully saturated rings. The Hall–Kier alpha value is -1.05. The molecule has 130 valence electrons. The van der Waals surface area contributed by atoms with E-state index in [2.05, 4.69) is 17.1 Å². The third-order valence-electron chi connectivity index (χ3n) is 4.88. The molecule has 0 unspecified atom stereocenters. The number of aliphatic imine (C=N–C) groups is 1. The number of nitrogens with two attached hydrogens (primary N) is 1. The highest BCUT2D eigenvalue weighted by molar-refractivity contribution is 8.18. The van der Waals surface area contributed by atoms with Gasteiger partial charge in [-0.1, -0.05) is 43.1 Å². The minimum Gasteiger partial charge on any atom is -0.386 e. The monoisotopic (exact) mass is 410 g/mol. The number of benzene rings is 1. The van der Waals surface area contributed by atoms with Gasteiger partial charge in [-0.15, -0.1) is 23.5 Å². The van der Waals surface area contributed by atoms with E-state index in [1.165, 1.54) is 0 Å². The maximum Gasteiger partial charge on any atom is 0.175 e. The van der Waals surface area contributed by atoms with E-state index in [0.29, 0.717) is 10.0 Å². The van der Waals surface area contributed by atoms with E-state index in [1.54, 1.807) is 41.7 Å². The third kappa shape index (κ3) is 2.12. The largest absolute Gasteiger partial charge is 0.386 e. The molecular weight excluding hydrogens is 395 g/mol. The summed E-state index contributed by atoms with van der Waals surface area (Å²) in [5.41, 5.74) is 4.78. The third-order valence-corrected chi connectivity index (χ3v) is 8.34. The maximum atomic E-state index is 10.2. The van der Waals surface area contributed by atoms with Gasteiger partial charge in [-0.2, -0.15) is 10.5 Å². The maximum absolute atomic E-state index is 10.2. The second kappa shape index (κ2) is 6.28. The first-order valence-electron chi connectivity index (χ1n) is 7.81. The molecule has 1 aromatic carbocycles. The molecule has 1 aromatic rings. The van der Waals surface area contributed by atoms with Crippen LogP contribution in [-0.4, -0.2) is 21.5 Å². The average molecular weight is 411 g/mol. The van der Waals surface area contributed by atoms with E-state index < -0.39 is 21.0 Å². The number of nitriles is 2. The van der Waals surface area contributed by atoms with Crippen molar-refractivity contribution in [2.45, 2.75) is 24.0 Å². The zero-order chi connectivity index (χ0) is 18.5. The number of hydrogen-bond donors (Lipinski definition) is 1. The van der Waals surface area contributed by atoms with Crippen LogP contribution in [0.2, 0.25) is 10.0 Å². The van der Waals surface area contributed by atoms with Crippen LogP contribution in [0.15, 0.2) is 23.2 Å². The zero-order valence-corrected chi connectivity index (χ0v) is 16.9. The number of hydrogen-bond acceptors (Lipinski definition) is 6. The van der Waals surface area contributed by atoms with Crippen LogP contribution in [-0.2, 0) is 0 Å². The van der Waals surface area contributed by atoms with Gasteiger partial charge in [-0.05, 0) is 29.2 Å². The Morgan fingerprint density at radius 1 is 1.20 bits per heavy atom. The second-order valence-electron chi connectivity index (χ2n) is 5.88. The molecule has 2 aliphatic rings. The molecule has 0 radical (unpaired) electrons. The standard InChI is InChI=1S/C17H16Cl2N4S2/c1-3-24-17(25-4-2)16(9-21)13(15(16,8-20)14(22)23-17)11-6-5-10(18)7-12(11)19/h5-7,13H,3-4H2,1-2H3,(H2,22,23)/t13-,15+,16-/m0/s1. The van der Waals surface area contributed by atoms with Crippen LogP contribution in [0.5, 0.6) is 0 Å². The number of thioether (sulfide) groups is 2. The molecule has 0 amide bonds. The van der Waals surface area contributed by atoms with Gasteiger partial charge in [0.15, 0.2) is 4.20 Å². The highest BCUT2D eigenvalue weighted by atomic mass is 35.5. The van der Waals surface area contributed by atoms with Gasteiger partial charge in [-0.25, -0.2) is 4.99 Å². The van der Waals surface area contributed by atoms with E-state index in [0.717, 1.165) is 17.1 Å². The van der Waals surface area contributed by atoms with Crippen molar-refractivity contribution in [3.63, 3.8) is 0 Å². The molecule has 0 aromatic heterocycles. The van der Waals surface area contributed by atoms with Crippen molar-refractivity contribution in [3.05, 3.63) is 33.8 Å². The van der Waals surface area contributed by atoms with Gasteiger partial charge in [0, 0.05) is 16.0 Å². The lowest BCUT2D eigenvalue weighted by molar-refractivity contribution is 0.564. The topological polar surface area (TPSA) is 86.0 Å². The Kier molecular flexibility index (Phi) is 4.71. The predicted molar refractivity (Wildman–Crippen MR) is 106 cm³/mol. The van der Waals surface area contributed by atoms with Crippen LogP contribution >= 0.6 is 46.7 Å². The van der Waals surface area contributed by atoms with E-state index >= 15 is 0 Å². The smallest absolute Gasteiger partial charge is 0.175 e. The van der Waals surface area contributed by atoms with Crippen LogP contribution in [0.25, 0.3) is 0 Å². The van der Waals surface area contributed by atoms with Gasteiger partial charge in [-0.3, -0.25) is 0 Å². The molecule has 3 atom stereocenters. The zero-order valence-electron chi connectivity index (χ0n) is 13.7. The summed E-state index contributed by atoms with van der Waals surface area (Å²) in [6, 6.07) is 9.91. The molecule has 25 heavy (non-hydrogen) atoms. The normalized spacial score (nSPS) is 31.6. The summed E-state index contributed by atoms with van der Waals surface area (Å²) in [5.74, 6) is 1.33. The lowest BCUT2D eigenvalue weighted by Crippen LogP contribution is -2.31. The van der Waals surface area contributed by atoms with E-state index in [1.807, 2.05) is 13.8 Å². The average Bonchev–Trinajstić information content (AvgIpc) is 3.13. The lowest BCUT2D eigenvalue weighted by atomic mass is 9.97. The van der Waals surface area contributed by atoms with Gasteiger partial charge < -0.3 is 5.73 Å². The molecule has 1 saturated carbocycles. The van der Waals surface area contributed by atoms with E-state index in [9.17, 15) is 10.5 Å². The molecule has 3 rings (SSSR count). The Bertz CT molecular complexity index is 838. The molecule has 1 heterocycles. The van der Waals surface area contributed by atoms with Crippen molar-refractivity contribution in [1.82, 2.24) is 0 Å². The summed E-state index contributed by atoms with van der Waals surface area (Å²) < 4.78 is -0.807. The summed E-state index contributed by atoms with van der Waals surface area (Å²) in [5, 5.41) is 21.2. The first-order valence-corrected chi connectivity index (χ1v) is 10.5. The molecule has 4 nitrogen and oxygen atoms in total. The number of rotatable bonds is 5. The SMILES string of the molecule is CCSC1(SCC)N=C(N)[C@@]2(C#N)[C@H](c3ccc(Cl)cc3Cl)[C@]12C#N. The van der Waals surface area contributed by atoms with Gasteiger partial charge in [0.1, 0.15) is 16.7 Å². The van der Waals surface area contributed by atoms with Gasteiger partial charge in [0.05, 0.1) is 12.1 Å². The molecule has 2 N–H and O–H groups in total. The molecule has 0 saturated heterocycles. The fraction of sp³-hybridized carbons (Fsp3) is 0.471. The number of nitrogens with zero attached hydrogens (tertiary/aromatic N) is 3. The van der Waals surface area contributed by atoms with Crippen LogP contribution in [0, 0.1) is 33.5 Å². The fourth-order valence-corrected chi connectivity index (χ4v) is 7.72. The van der Waals surface area contributed by atoms with Crippen LogP contribution in [0.3, 0.4) is 0 Å². The van der Waals surface area contributed by atoms with E-state index in [-0.39, 0.29) is 5.84 Å². The number of fused-ring (bicyclic) bond motifs is 1. The van der Waals surface area contributed by atoms with Crippen molar-refractivity contribution in [2.24, 2.45) is 21.6 Å². The Balaban J connectivity index is 2.25. The predicted octanol–water partition coefficient (Wildman–Crippen LogP) is 4.64. The van der Waals surface area contributed by atoms with Gasteiger partial charge in [0.25, 0.3) is 0 Å². The Labute approximate surface area is 165 Å². The molecule has 0 spiro atoms. The minimum absolute atomic E-state index is 0.231. The summed E-state index contributed by atoms with van der Waals surface area (Å²) in [6.07, 6.45) is 0. The summed E-state index contributed by atoms with van der Waals surface area (Å²) in [4.78, 5) is 4.65. The number of amidine groups is 1. The van der Waals surface area contributed by atoms with Crippen molar-refractivity contribution in [1.29, 1.82) is 10.5 Å². The van der Waals surface area contributed by atoms with Crippen molar-refractivity contribution < 1.29 is 0 Å². The highest BCUT2D eigenvalue weighted by Crippen LogP contribution is 2.85. The van der Waals surface area contributed by atoms with Gasteiger partial charge >= 0.3 is 0 Å². The molecular formula is C17H16Cl2N4S2. The lowest BCUT2D eigenvalue weighted by Gasteiger charge is -2.31. The van der Waals surface area contributed by atoms with Crippen molar-refractivity contribution in [3.8, 4) is 12.1 Å². The molecule has 1 aliphatic heterocycles. The number of halogens is 2. The van der Waals surface area contributed by atoms with E-state index in [4.69, 9.17) is 28.9 Å². The molecule has 8 heteroatoms. The minimum atomic E-state index is -1.15. The first-order chi connectivity index (χ1) is 11.9.